The Morgan fingerprint density at radius 3 is 2.87 bits per heavy atom. The van der Waals surface area contributed by atoms with Crippen LogP contribution in [0.3, 0.4) is 0 Å². The molecule has 0 bridgehead atoms. The van der Waals surface area contributed by atoms with Crippen LogP contribution in [-0.2, 0) is 13.1 Å². The van der Waals surface area contributed by atoms with E-state index in [9.17, 15) is 0 Å². The third kappa shape index (κ3) is 2.27. The standard InChI is InChI=1S/C11H12BrN3/c12-10-4-2-1-3-9(10)8-15-6-5-14-11(15)7-13/h1-6H,7-8,13H2. The van der Waals surface area contributed by atoms with Crippen LogP contribution in [0.1, 0.15) is 11.4 Å². The predicted molar refractivity (Wildman–Crippen MR) is 63.4 cm³/mol. The summed E-state index contributed by atoms with van der Waals surface area (Å²) in [6.07, 6.45) is 3.72. The number of aromatic nitrogens is 2. The summed E-state index contributed by atoms with van der Waals surface area (Å²) in [5.41, 5.74) is 6.82. The maximum Gasteiger partial charge on any atom is 0.122 e. The summed E-state index contributed by atoms with van der Waals surface area (Å²) in [6, 6.07) is 8.16. The van der Waals surface area contributed by atoms with Crippen LogP contribution in [0.5, 0.6) is 0 Å². The fraction of sp³-hybridized carbons (Fsp3) is 0.182. The Morgan fingerprint density at radius 2 is 2.13 bits per heavy atom. The van der Waals surface area contributed by atoms with Gasteiger partial charge in [-0.25, -0.2) is 4.98 Å². The van der Waals surface area contributed by atoms with E-state index < -0.39 is 0 Å². The Hall–Kier alpha value is -1.13. The maximum absolute atomic E-state index is 5.59. The summed E-state index contributed by atoms with van der Waals surface area (Å²) in [5, 5.41) is 0. The van der Waals surface area contributed by atoms with Gasteiger partial charge < -0.3 is 10.3 Å². The molecule has 2 rings (SSSR count). The highest BCUT2D eigenvalue weighted by atomic mass is 79.9. The zero-order chi connectivity index (χ0) is 10.7. The monoisotopic (exact) mass is 265 g/mol. The number of nitrogens with zero attached hydrogens (tertiary/aromatic N) is 2. The molecule has 0 saturated heterocycles. The minimum absolute atomic E-state index is 0.470. The minimum Gasteiger partial charge on any atom is -0.329 e. The van der Waals surface area contributed by atoms with Crippen molar-refractivity contribution in [3.63, 3.8) is 0 Å². The molecule has 0 aliphatic carbocycles. The molecule has 15 heavy (non-hydrogen) atoms. The van der Waals surface area contributed by atoms with Crippen molar-refractivity contribution in [3.05, 3.63) is 52.5 Å². The zero-order valence-corrected chi connectivity index (χ0v) is 9.81. The summed E-state index contributed by atoms with van der Waals surface area (Å²) >= 11 is 3.52. The number of rotatable bonds is 3. The quantitative estimate of drug-likeness (QED) is 0.925. The summed E-state index contributed by atoms with van der Waals surface area (Å²) in [5.74, 6) is 0.908. The second-order valence-electron chi connectivity index (χ2n) is 3.27. The van der Waals surface area contributed by atoms with Crippen molar-refractivity contribution < 1.29 is 0 Å². The zero-order valence-electron chi connectivity index (χ0n) is 8.23. The first kappa shape index (κ1) is 10.4. The van der Waals surface area contributed by atoms with E-state index in [1.807, 2.05) is 24.4 Å². The summed E-state index contributed by atoms with van der Waals surface area (Å²) in [7, 11) is 0. The topological polar surface area (TPSA) is 43.8 Å². The molecule has 0 aliphatic rings. The molecule has 1 heterocycles. The number of halogens is 1. The summed E-state index contributed by atoms with van der Waals surface area (Å²) < 4.78 is 3.17. The van der Waals surface area contributed by atoms with Crippen LogP contribution in [-0.4, -0.2) is 9.55 Å². The molecule has 0 saturated carbocycles. The SMILES string of the molecule is NCc1nccn1Cc1ccccc1Br. The molecular formula is C11H12BrN3. The van der Waals surface area contributed by atoms with E-state index in [1.54, 1.807) is 6.20 Å². The molecule has 3 nitrogen and oxygen atoms in total. The van der Waals surface area contributed by atoms with E-state index in [-0.39, 0.29) is 0 Å². The van der Waals surface area contributed by atoms with E-state index >= 15 is 0 Å². The molecule has 1 aromatic heterocycles. The van der Waals surface area contributed by atoms with E-state index in [4.69, 9.17) is 5.73 Å². The number of nitrogens with two attached hydrogens (primary N) is 1. The van der Waals surface area contributed by atoms with Gasteiger partial charge in [-0.3, -0.25) is 0 Å². The smallest absolute Gasteiger partial charge is 0.122 e. The van der Waals surface area contributed by atoms with Crippen molar-refractivity contribution in [3.8, 4) is 0 Å². The average Bonchev–Trinajstić information content (AvgIpc) is 2.69. The second kappa shape index (κ2) is 4.59. The third-order valence-electron chi connectivity index (χ3n) is 2.28. The first-order valence-corrected chi connectivity index (χ1v) is 5.54. The number of imidazole rings is 1. The van der Waals surface area contributed by atoms with Crippen LogP contribution < -0.4 is 5.73 Å². The van der Waals surface area contributed by atoms with Gasteiger partial charge in [0.05, 0.1) is 6.54 Å². The lowest BCUT2D eigenvalue weighted by Crippen LogP contribution is -2.09. The van der Waals surface area contributed by atoms with Gasteiger partial charge in [0.1, 0.15) is 5.82 Å². The molecular weight excluding hydrogens is 254 g/mol. The fourth-order valence-electron chi connectivity index (χ4n) is 1.48. The highest BCUT2D eigenvalue weighted by Gasteiger charge is 2.03. The lowest BCUT2D eigenvalue weighted by Gasteiger charge is -2.07. The van der Waals surface area contributed by atoms with Gasteiger partial charge in [0.2, 0.25) is 0 Å². The van der Waals surface area contributed by atoms with Gasteiger partial charge in [0.25, 0.3) is 0 Å². The summed E-state index contributed by atoms with van der Waals surface area (Å²) in [6.45, 7) is 1.27. The second-order valence-corrected chi connectivity index (χ2v) is 4.12. The lowest BCUT2D eigenvalue weighted by molar-refractivity contribution is 0.722. The van der Waals surface area contributed by atoms with Crippen LogP contribution in [0.25, 0.3) is 0 Å². The van der Waals surface area contributed by atoms with Gasteiger partial charge >= 0.3 is 0 Å². The number of hydrogen-bond donors (Lipinski definition) is 1. The van der Waals surface area contributed by atoms with Crippen LogP contribution >= 0.6 is 15.9 Å². The van der Waals surface area contributed by atoms with Crippen molar-refractivity contribution in [1.29, 1.82) is 0 Å². The molecule has 0 unspecified atom stereocenters. The molecule has 0 atom stereocenters. The van der Waals surface area contributed by atoms with Crippen LogP contribution in [0.2, 0.25) is 0 Å². The Balaban J connectivity index is 2.26. The number of benzene rings is 1. The maximum atomic E-state index is 5.59. The molecule has 0 aliphatic heterocycles. The van der Waals surface area contributed by atoms with Gasteiger partial charge in [-0.2, -0.15) is 0 Å². The Labute approximate surface area is 97.1 Å². The van der Waals surface area contributed by atoms with E-state index in [1.165, 1.54) is 5.56 Å². The first-order valence-electron chi connectivity index (χ1n) is 4.74. The van der Waals surface area contributed by atoms with Crippen molar-refractivity contribution >= 4 is 15.9 Å². The van der Waals surface area contributed by atoms with Crippen LogP contribution in [0, 0.1) is 0 Å². The number of hydrogen-bond acceptors (Lipinski definition) is 2. The van der Waals surface area contributed by atoms with Crippen molar-refractivity contribution in [2.45, 2.75) is 13.1 Å². The van der Waals surface area contributed by atoms with Crippen LogP contribution in [0.15, 0.2) is 41.1 Å². The van der Waals surface area contributed by atoms with Crippen molar-refractivity contribution in [2.24, 2.45) is 5.73 Å². The van der Waals surface area contributed by atoms with Gasteiger partial charge in [-0.1, -0.05) is 34.1 Å². The fourth-order valence-corrected chi connectivity index (χ4v) is 1.89. The Bertz CT molecular complexity index is 451. The normalized spacial score (nSPS) is 10.5. The third-order valence-corrected chi connectivity index (χ3v) is 3.06. The van der Waals surface area contributed by atoms with Crippen molar-refractivity contribution in [2.75, 3.05) is 0 Å². The molecule has 0 spiro atoms. The molecule has 2 N–H and O–H groups in total. The molecule has 2 aromatic rings. The molecule has 0 fully saturated rings. The average molecular weight is 266 g/mol. The van der Waals surface area contributed by atoms with Gasteiger partial charge in [-0.05, 0) is 11.6 Å². The highest BCUT2D eigenvalue weighted by Crippen LogP contribution is 2.17. The van der Waals surface area contributed by atoms with E-state index in [0.717, 1.165) is 16.8 Å². The first-order chi connectivity index (χ1) is 7.31. The minimum atomic E-state index is 0.470. The molecule has 4 heteroatoms. The Morgan fingerprint density at radius 1 is 1.33 bits per heavy atom. The molecule has 0 radical (unpaired) electrons. The molecule has 1 aromatic carbocycles. The largest absolute Gasteiger partial charge is 0.329 e. The summed E-state index contributed by atoms with van der Waals surface area (Å²) in [4.78, 5) is 4.18. The van der Waals surface area contributed by atoms with Gasteiger partial charge in [0.15, 0.2) is 0 Å². The predicted octanol–water partition coefficient (Wildman–Crippen LogP) is 2.15. The Kier molecular flexibility index (Phi) is 3.18. The highest BCUT2D eigenvalue weighted by molar-refractivity contribution is 9.10. The van der Waals surface area contributed by atoms with E-state index in [0.29, 0.717) is 6.54 Å². The van der Waals surface area contributed by atoms with Crippen LogP contribution in [0.4, 0.5) is 0 Å². The molecule has 0 amide bonds. The lowest BCUT2D eigenvalue weighted by atomic mass is 10.2. The molecule has 78 valence electrons. The van der Waals surface area contributed by atoms with Gasteiger partial charge in [-0.15, -0.1) is 0 Å². The van der Waals surface area contributed by atoms with E-state index in [2.05, 4.69) is 31.5 Å². The van der Waals surface area contributed by atoms with Crippen molar-refractivity contribution in [1.82, 2.24) is 9.55 Å². The van der Waals surface area contributed by atoms with Gasteiger partial charge in [0, 0.05) is 23.4 Å².